The van der Waals surface area contributed by atoms with E-state index in [1.54, 1.807) is 0 Å². The number of nitrogens with zero attached hydrogens (tertiary/aromatic N) is 3. The van der Waals surface area contributed by atoms with E-state index in [0.29, 0.717) is 19.5 Å². The molecule has 0 bridgehead atoms. The van der Waals surface area contributed by atoms with Crippen LogP contribution >= 0.6 is 0 Å². The fourth-order valence-electron chi connectivity index (χ4n) is 2.74. The van der Waals surface area contributed by atoms with Gasteiger partial charge in [-0.15, -0.1) is 0 Å². The predicted octanol–water partition coefficient (Wildman–Crippen LogP) is 0.0527. The van der Waals surface area contributed by atoms with Crippen LogP contribution in [0.2, 0.25) is 0 Å². The Kier molecular flexibility index (Phi) is 6.36. The van der Waals surface area contributed by atoms with Gasteiger partial charge in [-0.2, -0.15) is 5.10 Å². The van der Waals surface area contributed by atoms with Crippen molar-refractivity contribution in [3.63, 3.8) is 0 Å². The number of hydrogen-bond acceptors (Lipinski definition) is 5. The Bertz CT molecular complexity index is 671. The molecule has 0 fully saturated rings. The van der Waals surface area contributed by atoms with E-state index >= 15 is 0 Å². The van der Waals surface area contributed by atoms with E-state index in [1.807, 2.05) is 24.6 Å². The minimum atomic E-state index is -3.17. The van der Waals surface area contributed by atoms with Gasteiger partial charge in [-0.3, -0.25) is 14.4 Å². The monoisotopic (exact) mass is 357 g/mol. The summed E-state index contributed by atoms with van der Waals surface area (Å²) in [4.78, 5) is 13.2. The van der Waals surface area contributed by atoms with Crippen LogP contribution < -0.4 is 10.0 Å². The van der Waals surface area contributed by atoms with E-state index in [-0.39, 0.29) is 17.7 Å². The zero-order chi connectivity index (χ0) is 17.7. The number of sulfonamides is 1. The molecule has 1 aromatic rings. The van der Waals surface area contributed by atoms with E-state index in [9.17, 15) is 13.2 Å². The van der Waals surface area contributed by atoms with Gasteiger partial charge in [0.1, 0.15) is 0 Å². The molecule has 136 valence electrons. The van der Waals surface area contributed by atoms with Gasteiger partial charge in [0.2, 0.25) is 15.9 Å². The van der Waals surface area contributed by atoms with Gasteiger partial charge in [0, 0.05) is 32.6 Å². The number of amides is 1. The lowest BCUT2D eigenvalue weighted by atomic mass is 10.2. The molecule has 1 amide bonds. The molecule has 0 radical (unpaired) electrons. The van der Waals surface area contributed by atoms with Gasteiger partial charge in [-0.25, -0.2) is 13.1 Å². The number of carbonyl (C=O) groups is 1. The van der Waals surface area contributed by atoms with E-state index < -0.39 is 10.0 Å². The van der Waals surface area contributed by atoms with Crippen molar-refractivity contribution in [3.8, 4) is 0 Å². The minimum Gasteiger partial charge on any atom is -0.351 e. The van der Waals surface area contributed by atoms with Crippen molar-refractivity contribution >= 4 is 15.9 Å². The molecule has 2 rings (SSSR count). The SMILES string of the molecule is CCCS(=O)(=O)NCC(C)N1CCn2nc(CNC(C)=O)cc2C1. The molecule has 1 aliphatic rings. The second kappa shape index (κ2) is 8.09. The van der Waals surface area contributed by atoms with Gasteiger partial charge < -0.3 is 5.32 Å². The topological polar surface area (TPSA) is 96.3 Å². The Morgan fingerprint density at radius 3 is 2.83 bits per heavy atom. The summed E-state index contributed by atoms with van der Waals surface area (Å²) in [7, 11) is -3.17. The summed E-state index contributed by atoms with van der Waals surface area (Å²) in [5, 5.41) is 7.24. The molecular formula is C15H27N5O3S. The molecule has 24 heavy (non-hydrogen) atoms. The zero-order valence-corrected chi connectivity index (χ0v) is 15.4. The first kappa shape index (κ1) is 18.9. The average molecular weight is 357 g/mol. The Morgan fingerprint density at radius 1 is 1.42 bits per heavy atom. The molecule has 0 aromatic carbocycles. The Morgan fingerprint density at radius 2 is 2.17 bits per heavy atom. The summed E-state index contributed by atoms with van der Waals surface area (Å²) >= 11 is 0. The van der Waals surface area contributed by atoms with Gasteiger partial charge in [-0.1, -0.05) is 6.92 Å². The maximum Gasteiger partial charge on any atom is 0.217 e. The summed E-state index contributed by atoms with van der Waals surface area (Å²) in [5.41, 5.74) is 1.93. The standard InChI is InChI=1S/C15H27N5O3S/c1-4-7-24(22,23)17-9-12(2)19-5-6-20-15(11-19)8-14(18-20)10-16-13(3)21/h8,12,17H,4-7,9-11H2,1-3H3,(H,16,21). The fraction of sp³-hybridized carbons (Fsp3) is 0.733. The molecule has 0 saturated heterocycles. The van der Waals surface area contributed by atoms with Gasteiger partial charge in [0.05, 0.1) is 30.2 Å². The first-order valence-electron chi connectivity index (χ1n) is 8.32. The van der Waals surface area contributed by atoms with Crippen molar-refractivity contribution in [1.29, 1.82) is 0 Å². The molecule has 0 saturated carbocycles. The molecule has 2 heterocycles. The van der Waals surface area contributed by atoms with Crippen LogP contribution in [0.3, 0.4) is 0 Å². The molecule has 1 unspecified atom stereocenters. The second-order valence-corrected chi connectivity index (χ2v) is 8.17. The third kappa shape index (κ3) is 5.29. The zero-order valence-electron chi connectivity index (χ0n) is 14.6. The third-order valence-corrected chi connectivity index (χ3v) is 5.64. The van der Waals surface area contributed by atoms with Gasteiger partial charge in [-0.05, 0) is 19.4 Å². The lowest BCUT2D eigenvalue weighted by Crippen LogP contribution is -2.45. The van der Waals surface area contributed by atoms with Crippen LogP contribution in [0, 0.1) is 0 Å². The Labute approximate surface area is 143 Å². The Balaban J connectivity index is 1.90. The first-order valence-corrected chi connectivity index (χ1v) is 9.97. The molecule has 0 spiro atoms. The van der Waals surface area contributed by atoms with Crippen LogP contribution in [0.5, 0.6) is 0 Å². The first-order chi connectivity index (χ1) is 11.3. The highest BCUT2D eigenvalue weighted by Crippen LogP contribution is 2.16. The molecule has 0 aliphatic carbocycles. The van der Waals surface area contributed by atoms with Crippen molar-refractivity contribution in [1.82, 2.24) is 24.7 Å². The number of fused-ring (bicyclic) bond motifs is 1. The maximum atomic E-state index is 11.8. The molecule has 1 atom stereocenters. The van der Waals surface area contributed by atoms with Gasteiger partial charge in [0.15, 0.2) is 0 Å². The highest BCUT2D eigenvalue weighted by Gasteiger charge is 2.23. The van der Waals surface area contributed by atoms with Gasteiger partial charge >= 0.3 is 0 Å². The summed E-state index contributed by atoms with van der Waals surface area (Å²) in [5.74, 6) is 0.0921. The normalized spacial score (nSPS) is 16.6. The fourth-order valence-corrected chi connectivity index (χ4v) is 3.92. The van der Waals surface area contributed by atoms with E-state index in [4.69, 9.17) is 0 Å². The number of rotatable bonds is 8. The summed E-state index contributed by atoms with van der Waals surface area (Å²) in [6, 6.07) is 2.11. The molecular weight excluding hydrogens is 330 g/mol. The quantitative estimate of drug-likeness (QED) is 0.685. The second-order valence-electron chi connectivity index (χ2n) is 6.25. The van der Waals surface area contributed by atoms with E-state index in [2.05, 4.69) is 20.0 Å². The van der Waals surface area contributed by atoms with Crippen LogP contribution in [-0.4, -0.2) is 53.9 Å². The predicted molar refractivity (Wildman–Crippen MR) is 91.7 cm³/mol. The molecule has 2 N–H and O–H groups in total. The molecule has 8 nitrogen and oxygen atoms in total. The largest absolute Gasteiger partial charge is 0.351 e. The summed E-state index contributed by atoms with van der Waals surface area (Å²) < 4.78 is 28.2. The highest BCUT2D eigenvalue weighted by atomic mass is 32.2. The van der Waals surface area contributed by atoms with Crippen molar-refractivity contribution in [3.05, 3.63) is 17.5 Å². The number of aromatic nitrogens is 2. The van der Waals surface area contributed by atoms with Crippen LogP contribution in [0.4, 0.5) is 0 Å². The number of hydrogen-bond donors (Lipinski definition) is 2. The van der Waals surface area contributed by atoms with Crippen LogP contribution in [0.25, 0.3) is 0 Å². The Hall–Kier alpha value is -1.45. The van der Waals surface area contributed by atoms with E-state index in [0.717, 1.165) is 31.0 Å². The van der Waals surface area contributed by atoms with Crippen molar-refractivity contribution in [2.75, 3.05) is 18.8 Å². The van der Waals surface area contributed by atoms with Gasteiger partial charge in [0.25, 0.3) is 0 Å². The molecule has 9 heteroatoms. The number of carbonyl (C=O) groups excluding carboxylic acids is 1. The number of nitrogens with one attached hydrogen (secondary N) is 2. The smallest absolute Gasteiger partial charge is 0.217 e. The van der Waals surface area contributed by atoms with Crippen LogP contribution in [-0.2, 0) is 34.5 Å². The minimum absolute atomic E-state index is 0.0735. The summed E-state index contributed by atoms with van der Waals surface area (Å²) in [6.07, 6.45) is 0.615. The lowest BCUT2D eigenvalue weighted by Gasteiger charge is -2.32. The van der Waals surface area contributed by atoms with E-state index in [1.165, 1.54) is 6.92 Å². The molecule has 1 aromatic heterocycles. The highest BCUT2D eigenvalue weighted by molar-refractivity contribution is 7.89. The van der Waals surface area contributed by atoms with Crippen molar-refractivity contribution in [2.45, 2.75) is 52.9 Å². The summed E-state index contributed by atoms with van der Waals surface area (Å²) in [6.45, 7) is 8.53. The maximum absolute atomic E-state index is 11.8. The van der Waals surface area contributed by atoms with Crippen LogP contribution in [0.1, 0.15) is 38.6 Å². The van der Waals surface area contributed by atoms with Crippen LogP contribution in [0.15, 0.2) is 6.07 Å². The third-order valence-electron chi connectivity index (χ3n) is 4.09. The molecule has 1 aliphatic heterocycles. The van der Waals surface area contributed by atoms with Crippen molar-refractivity contribution in [2.24, 2.45) is 0 Å². The lowest BCUT2D eigenvalue weighted by molar-refractivity contribution is -0.119. The average Bonchev–Trinajstić information content (AvgIpc) is 2.92. The van der Waals surface area contributed by atoms with Crippen molar-refractivity contribution < 1.29 is 13.2 Å².